The summed E-state index contributed by atoms with van der Waals surface area (Å²) < 4.78 is 0. The molecule has 0 bridgehead atoms. The van der Waals surface area contributed by atoms with Gasteiger partial charge in [0.15, 0.2) is 0 Å². The van der Waals surface area contributed by atoms with Crippen molar-refractivity contribution in [2.75, 3.05) is 24.5 Å². The number of rotatable bonds is 11. The summed E-state index contributed by atoms with van der Waals surface area (Å²) in [7, 11) is 0. The van der Waals surface area contributed by atoms with E-state index in [9.17, 15) is 47.9 Å². The Balaban J connectivity index is 1.28. The fourth-order valence-corrected chi connectivity index (χ4v) is 9.28. The van der Waals surface area contributed by atoms with Gasteiger partial charge in [-0.1, -0.05) is 72.8 Å². The quantitative estimate of drug-likeness (QED) is 0.129. The zero-order valence-corrected chi connectivity index (χ0v) is 34.7. The zero-order valence-electron chi connectivity index (χ0n) is 34.7. The smallest absolute Gasteiger partial charge is 0.258 e. The molecule has 324 valence electrons. The number of carbonyl (C=O) groups is 10. The number of benzene rings is 5. The summed E-state index contributed by atoms with van der Waals surface area (Å²) in [5.41, 5.74) is 1.97. The molecule has 0 aromatic heterocycles. The summed E-state index contributed by atoms with van der Waals surface area (Å²) in [5.74, 6) is -7.06. The predicted molar refractivity (Wildman–Crippen MR) is 242 cm³/mol. The van der Waals surface area contributed by atoms with E-state index in [1.54, 1.807) is 84.9 Å². The zero-order chi connectivity index (χ0) is 46.7. The molecule has 0 spiro atoms. The third-order valence-electron chi connectivity index (χ3n) is 12.2. The first-order valence-electron chi connectivity index (χ1n) is 20.7. The third kappa shape index (κ3) is 6.68. The molecule has 5 aromatic rings. The minimum absolute atomic E-state index is 0.0528. The van der Waals surface area contributed by atoms with Gasteiger partial charge < -0.3 is 0 Å². The second-order valence-electron chi connectivity index (χ2n) is 15.8. The molecule has 15 heteroatoms. The normalized spacial score (nSPS) is 17.3. The third-order valence-corrected chi connectivity index (χ3v) is 12.2. The van der Waals surface area contributed by atoms with Crippen LogP contribution in [0.15, 0.2) is 182 Å². The summed E-state index contributed by atoms with van der Waals surface area (Å²) in [6.45, 7) is 0. The van der Waals surface area contributed by atoms with Crippen molar-refractivity contribution in [3.05, 3.63) is 210 Å². The number of amides is 10. The van der Waals surface area contributed by atoms with Crippen LogP contribution in [0.2, 0.25) is 0 Å². The number of imide groups is 5. The van der Waals surface area contributed by atoms with E-state index in [1.807, 2.05) is 30.3 Å². The van der Waals surface area contributed by atoms with E-state index in [-0.39, 0.29) is 28.4 Å². The maximum absolute atomic E-state index is 13.6. The first-order chi connectivity index (χ1) is 32.4. The van der Waals surface area contributed by atoms with Crippen molar-refractivity contribution in [2.45, 2.75) is 11.3 Å². The molecule has 0 fully saturated rings. The molecule has 1 unspecified atom stereocenters. The van der Waals surface area contributed by atoms with Gasteiger partial charge in [-0.05, 0) is 76.3 Å². The van der Waals surface area contributed by atoms with Crippen LogP contribution in [0, 0.1) is 0 Å². The minimum atomic E-state index is -1.44. The molecule has 5 aliphatic heterocycles. The Morgan fingerprint density at radius 2 is 0.582 bits per heavy atom. The van der Waals surface area contributed by atoms with Crippen molar-refractivity contribution < 1.29 is 47.9 Å². The lowest BCUT2D eigenvalue weighted by molar-refractivity contribution is -0.122. The highest BCUT2D eigenvalue weighted by Crippen LogP contribution is 2.54. The van der Waals surface area contributed by atoms with Gasteiger partial charge in [0, 0.05) is 66.7 Å². The standard InChI is InChI=1S/C52H31N5O10/c58-41-20-21-42(59)53(41)36-13-6-31(7-14-36)51(32-8-19-39(56-47(64)26-27-48(56)65)40(30-32)57-49(66)28-29-50(57)67)52(33-4-2-1-3-5-33,34-9-15-37(16-10-34)54-43(60)22-23-44(54)61)35-11-17-38(18-12-35)55-45(62)24-25-46(55)63/h1-30,51H. The summed E-state index contributed by atoms with van der Waals surface area (Å²) >= 11 is 0. The van der Waals surface area contributed by atoms with Crippen LogP contribution in [-0.4, -0.2) is 59.1 Å². The fraction of sp³-hybridized carbons (Fsp3) is 0.0385. The molecule has 10 amide bonds. The van der Waals surface area contributed by atoms with Crippen molar-refractivity contribution in [2.24, 2.45) is 0 Å². The van der Waals surface area contributed by atoms with Gasteiger partial charge in [-0.15, -0.1) is 0 Å². The Labute approximate surface area is 380 Å². The number of anilines is 5. The monoisotopic (exact) mass is 885 g/mol. The van der Waals surface area contributed by atoms with Crippen LogP contribution < -0.4 is 24.5 Å². The van der Waals surface area contributed by atoms with Gasteiger partial charge in [-0.3, -0.25) is 47.9 Å². The Bertz CT molecular complexity index is 3060. The highest BCUT2D eigenvalue weighted by atomic mass is 16.2. The summed E-state index contributed by atoms with van der Waals surface area (Å²) in [4.78, 5) is 136. The van der Waals surface area contributed by atoms with E-state index in [0.717, 1.165) is 61.0 Å². The second-order valence-corrected chi connectivity index (χ2v) is 15.8. The van der Waals surface area contributed by atoms with E-state index in [4.69, 9.17) is 0 Å². The molecular formula is C52H31N5O10. The van der Waals surface area contributed by atoms with Crippen molar-refractivity contribution in [3.63, 3.8) is 0 Å². The summed E-state index contributed by atoms with van der Waals surface area (Å²) in [6.07, 6.45) is 11.3. The molecule has 67 heavy (non-hydrogen) atoms. The molecule has 0 N–H and O–H groups in total. The number of hydrogen-bond donors (Lipinski definition) is 0. The van der Waals surface area contributed by atoms with Crippen LogP contribution in [0.1, 0.15) is 33.7 Å². The van der Waals surface area contributed by atoms with Gasteiger partial charge in [-0.25, -0.2) is 24.5 Å². The van der Waals surface area contributed by atoms with E-state index in [0.29, 0.717) is 27.8 Å². The van der Waals surface area contributed by atoms with Crippen LogP contribution in [0.5, 0.6) is 0 Å². The number of hydrogen-bond acceptors (Lipinski definition) is 10. The molecule has 5 aromatic carbocycles. The molecule has 5 aliphatic rings. The van der Waals surface area contributed by atoms with Gasteiger partial charge in [-0.2, -0.15) is 0 Å². The lowest BCUT2D eigenvalue weighted by atomic mass is 9.58. The van der Waals surface area contributed by atoms with Crippen LogP contribution >= 0.6 is 0 Å². The van der Waals surface area contributed by atoms with E-state index >= 15 is 0 Å². The van der Waals surface area contributed by atoms with Gasteiger partial charge in [0.05, 0.1) is 33.9 Å². The van der Waals surface area contributed by atoms with Gasteiger partial charge in [0.25, 0.3) is 59.1 Å². The summed E-state index contributed by atoms with van der Waals surface area (Å²) in [6, 6.07) is 34.0. The molecule has 0 radical (unpaired) electrons. The van der Waals surface area contributed by atoms with Crippen LogP contribution in [0.3, 0.4) is 0 Å². The maximum atomic E-state index is 13.6. The average molecular weight is 886 g/mol. The average Bonchev–Trinajstić information content (AvgIpc) is 4.14. The number of nitrogens with zero attached hydrogens (tertiary/aromatic N) is 5. The van der Waals surface area contributed by atoms with Crippen LogP contribution in [0.25, 0.3) is 0 Å². The van der Waals surface area contributed by atoms with Gasteiger partial charge >= 0.3 is 0 Å². The molecule has 10 rings (SSSR count). The van der Waals surface area contributed by atoms with Crippen molar-refractivity contribution in [1.29, 1.82) is 0 Å². The molecule has 15 nitrogen and oxygen atoms in total. The molecule has 0 saturated carbocycles. The lowest BCUT2D eigenvalue weighted by Gasteiger charge is -2.44. The summed E-state index contributed by atoms with van der Waals surface area (Å²) in [5, 5.41) is 0. The maximum Gasteiger partial charge on any atom is 0.258 e. The number of carbonyl (C=O) groups excluding carboxylic acids is 10. The van der Waals surface area contributed by atoms with Crippen LogP contribution in [-0.2, 0) is 53.4 Å². The molecular weight excluding hydrogens is 855 g/mol. The Morgan fingerprint density at radius 3 is 0.955 bits per heavy atom. The van der Waals surface area contributed by atoms with Crippen molar-refractivity contribution in [3.8, 4) is 0 Å². The highest BCUT2D eigenvalue weighted by Gasteiger charge is 2.47. The first-order valence-corrected chi connectivity index (χ1v) is 20.7. The van der Waals surface area contributed by atoms with E-state index in [2.05, 4.69) is 0 Å². The fourth-order valence-electron chi connectivity index (χ4n) is 9.28. The SMILES string of the molecule is O=C1C=CC(=O)N1c1ccc(C(c2ccc(N3C(=O)C=CC3=O)c(N3C(=O)C=CC3=O)c2)C(c2ccccc2)(c2ccc(N3C(=O)C=CC3=O)cc2)c2ccc(N3C(=O)C=CC3=O)cc2)cc1. The highest BCUT2D eigenvalue weighted by molar-refractivity contribution is 6.34. The van der Waals surface area contributed by atoms with Gasteiger partial charge in [0.1, 0.15) is 0 Å². The van der Waals surface area contributed by atoms with Crippen molar-refractivity contribution in [1.82, 2.24) is 0 Å². The topological polar surface area (TPSA) is 187 Å². The van der Waals surface area contributed by atoms with Gasteiger partial charge in [0.2, 0.25) is 0 Å². The van der Waals surface area contributed by atoms with E-state index < -0.39 is 70.4 Å². The van der Waals surface area contributed by atoms with Crippen LogP contribution in [0.4, 0.5) is 28.4 Å². The molecule has 5 heterocycles. The van der Waals surface area contributed by atoms with E-state index in [1.165, 1.54) is 30.4 Å². The lowest BCUT2D eigenvalue weighted by Crippen LogP contribution is -2.39. The minimum Gasteiger partial charge on any atom is -0.269 e. The molecule has 0 aliphatic carbocycles. The Kier molecular flexibility index (Phi) is 9.87. The molecule has 0 saturated heterocycles. The largest absolute Gasteiger partial charge is 0.269 e. The molecule has 1 atom stereocenters. The first kappa shape index (κ1) is 41.5. The predicted octanol–water partition coefficient (Wildman–Crippen LogP) is 5.00. The second kappa shape index (κ2) is 15.9. The van der Waals surface area contributed by atoms with Crippen molar-refractivity contribution >= 4 is 87.5 Å². The Hall–Kier alpha value is -9.50. The Morgan fingerprint density at radius 1 is 0.284 bits per heavy atom.